The molecule has 2 aromatic rings. The molecule has 0 aliphatic rings. The molecule has 0 heterocycles. The van der Waals surface area contributed by atoms with E-state index in [9.17, 15) is 4.79 Å². The van der Waals surface area contributed by atoms with Gasteiger partial charge in [-0.25, -0.2) is 0 Å². The van der Waals surface area contributed by atoms with Crippen molar-refractivity contribution in [3.05, 3.63) is 70.8 Å². The molecule has 2 aromatic carbocycles. The van der Waals surface area contributed by atoms with E-state index in [1.165, 1.54) is 5.56 Å². The van der Waals surface area contributed by atoms with Gasteiger partial charge in [-0.3, -0.25) is 4.79 Å². The van der Waals surface area contributed by atoms with Crippen molar-refractivity contribution in [3.63, 3.8) is 0 Å². The largest absolute Gasteiger partial charge is 0.481 e. The van der Waals surface area contributed by atoms with E-state index < -0.39 is 11.9 Å². The summed E-state index contributed by atoms with van der Waals surface area (Å²) in [4.78, 5) is 16.3. The Balaban J connectivity index is 1.92. The molecule has 0 aliphatic heterocycles. The third-order valence-corrected chi connectivity index (χ3v) is 3.72. The van der Waals surface area contributed by atoms with Crippen molar-refractivity contribution in [3.8, 4) is 0 Å². The Bertz CT molecular complexity index is 677. The minimum atomic E-state index is -0.842. The van der Waals surface area contributed by atoms with E-state index >= 15 is 0 Å². The summed E-state index contributed by atoms with van der Waals surface area (Å²) in [6.07, 6.45) is 2.61. The van der Waals surface area contributed by atoms with Crippen molar-refractivity contribution < 1.29 is 14.7 Å². The number of carbonyl (C=O) groups is 1. The second-order valence-electron chi connectivity index (χ2n) is 5.41. The molecule has 0 saturated heterocycles. The van der Waals surface area contributed by atoms with Gasteiger partial charge in [-0.05, 0) is 41.7 Å². The standard InChI is InChI=1S/C19H21NO3/c1-3-15-7-9-16(10-8-15)13-23-20-12-17-5-4-6-18(11-17)14(2)19(21)22/h4-12,14H,3,13H2,1-2H3,(H,21,22). The maximum atomic E-state index is 11.0. The Morgan fingerprint density at radius 2 is 1.91 bits per heavy atom. The maximum Gasteiger partial charge on any atom is 0.310 e. The highest BCUT2D eigenvalue weighted by Gasteiger charge is 2.13. The van der Waals surface area contributed by atoms with Gasteiger partial charge >= 0.3 is 5.97 Å². The first-order chi connectivity index (χ1) is 11.1. The van der Waals surface area contributed by atoms with Gasteiger partial charge in [0.15, 0.2) is 0 Å². The fourth-order valence-corrected chi connectivity index (χ4v) is 2.13. The van der Waals surface area contributed by atoms with Gasteiger partial charge in [0.1, 0.15) is 6.61 Å². The van der Waals surface area contributed by atoms with Crippen LogP contribution in [0.3, 0.4) is 0 Å². The highest BCUT2D eigenvalue weighted by Crippen LogP contribution is 2.16. The van der Waals surface area contributed by atoms with E-state index in [1.54, 1.807) is 19.2 Å². The summed E-state index contributed by atoms with van der Waals surface area (Å²) in [5, 5.41) is 13.0. The molecule has 1 atom stereocenters. The van der Waals surface area contributed by atoms with E-state index in [4.69, 9.17) is 9.94 Å². The van der Waals surface area contributed by atoms with Crippen LogP contribution in [0.2, 0.25) is 0 Å². The number of hydrogen-bond donors (Lipinski definition) is 1. The van der Waals surface area contributed by atoms with Crippen molar-refractivity contribution in [2.24, 2.45) is 5.16 Å². The van der Waals surface area contributed by atoms with Gasteiger partial charge in [0.25, 0.3) is 0 Å². The van der Waals surface area contributed by atoms with E-state index in [0.717, 1.165) is 23.1 Å². The number of carboxylic acid groups (broad SMARTS) is 1. The zero-order chi connectivity index (χ0) is 16.7. The number of carboxylic acids is 1. The Labute approximate surface area is 136 Å². The predicted molar refractivity (Wildman–Crippen MR) is 90.7 cm³/mol. The van der Waals surface area contributed by atoms with E-state index in [1.807, 2.05) is 30.3 Å². The second-order valence-corrected chi connectivity index (χ2v) is 5.41. The summed E-state index contributed by atoms with van der Waals surface area (Å²) in [6, 6.07) is 15.5. The topological polar surface area (TPSA) is 58.9 Å². The van der Waals surface area contributed by atoms with Crippen LogP contribution in [-0.4, -0.2) is 17.3 Å². The summed E-state index contributed by atoms with van der Waals surface area (Å²) >= 11 is 0. The SMILES string of the molecule is CCc1ccc(CON=Cc2cccc(C(C)C(=O)O)c2)cc1. The number of rotatable bonds is 7. The molecule has 4 heteroatoms. The molecule has 0 aliphatic carbocycles. The number of aryl methyl sites for hydroxylation is 1. The Kier molecular flexibility index (Phi) is 5.92. The predicted octanol–water partition coefficient (Wildman–Crippen LogP) is 3.99. The molecule has 1 N–H and O–H groups in total. The summed E-state index contributed by atoms with van der Waals surface area (Å²) in [6.45, 7) is 4.19. The van der Waals surface area contributed by atoms with Gasteiger partial charge in [-0.2, -0.15) is 0 Å². The minimum Gasteiger partial charge on any atom is -0.481 e. The van der Waals surface area contributed by atoms with Crippen molar-refractivity contribution in [1.29, 1.82) is 0 Å². The molecule has 2 rings (SSSR count). The summed E-state index contributed by atoms with van der Waals surface area (Å²) < 4.78 is 0. The average molecular weight is 311 g/mol. The molecule has 23 heavy (non-hydrogen) atoms. The van der Waals surface area contributed by atoms with Crippen LogP contribution in [0.1, 0.15) is 42.0 Å². The van der Waals surface area contributed by atoms with Gasteiger partial charge < -0.3 is 9.94 Å². The first-order valence-corrected chi connectivity index (χ1v) is 7.66. The normalized spacial score (nSPS) is 12.3. The van der Waals surface area contributed by atoms with Crippen LogP contribution in [0.25, 0.3) is 0 Å². The highest BCUT2D eigenvalue weighted by molar-refractivity contribution is 5.81. The smallest absolute Gasteiger partial charge is 0.310 e. The maximum absolute atomic E-state index is 11.0. The Morgan fingerprint density at radius 1 is 1.22 bits per heavy atom. The molecule has 0 bridgehead atoms. The number of aliphatic carboxylic acids is 1. The van der Waals surface area contributed by atoms with Gasteiger partial charge in [0.2, 0.25) is 0 Å². The zero-order valence-corrected chi connectivity index (χ0v) is 13.4. The molecule has 1 unspecified atom stereocenters. The lowest BCUT2D eigenvalue weighted by Gasteiger charge is -2.06. The lowest BCUT2D eigenvalue weighted by Crippen LogP contribution is -2.07. The first-order valence-electron chi connectivity index (χ1n) is 7.66. The third kappa shape index (κ3) is 4.95. The number of hydrogen-bond acceptors (Lipinski definition) is 3. The van der Waals surface area contributed by atoms with Gasteiger partial charge in [0.05, 0.1) is 12.1 Å². The van der Waals surface area contributed by atoms with Crippen molar-refractivity contribution in [2.45, 2.75) is 32.8 Å². The Hall–Kier alpha value is -2.62. The van der Waals surface area contributed by atoms with Crippen LogP contribution >= 0.6 is 0 Å². The molecule has 0 aromatic heterocycles. The Morgan fingerprint density at radius 3 is 2.57 bits per heavy atom. The van der Waals surface area contributed by atoms with Crippen molar-refractivity contribution >= 4 is 12.2 Å². The number of oxime groups is 1. The molecular weight excluding hydrogens is 290 g/mol. The molecule has 120 valence electrons. The lowest BCUT2D eigenvalue weighted by molar-refractivity contribution is -0.138. The highest BCUT2D eigenvalue weighted by atomic mass is 16.6. The van der Waals surface area contributed by atoms with Crippen LogP contribution in [0, 0.1) is 0 Å². The van der Waals surface area contributed by atoms with Crippen molar-refractivity contribution in [2.75, 3.05) is 0 Å². The monoisotopic (exact) mass is 311 g/mol. The number of nitrogens with zero attached hydrogens (tertiary/aromatic N) is 1. The van der Waals surface area contributed by atoms with E-state index in [2.05, 4.69) is 24.2 Å². The molecular formula is C19H21NO3. The summed E-state index contributed by atoms with van der Waals surface area (Å²) in [7, 11) is 0. The molecule has 4 nitrogen and oxygen atoms in total. The summed E-state index contributed by atoms with van der Waals surface area (Å²) in [5.41, 5.74) is 3.92. The fraction of sp³-hybridized carbons (Fsp3) is 0.263. The van der Waals surface area contributed by atoms with Crippen LogP contribution in [-0.2, 0) is 22.7 Å². The quantitative estimate of drug-likeness (QED) is 0.621. The van der Waals surface area contributed by atoms with Gasteiger partial charge in [-0.1, -0.05) is 54.5 Å². The van der Waals surface area contributed by atoms with Crippen LogP contribution < -0.4 is 0 Å². The van der Waals surface area contributed by atoms with Crippen molar-refractivity contribution in [1.82, 2.24) is 0 Å². The zero-order valence-electron chi connectivity index (χ0n) is 13.4. The molecule has 0 amide bonds. The van der Waals surface area contributed by atoms with Crippen LogP contribution in [0.15, 0.2) is 53.7 Å². The summed E-state index contributed by atoms with van der Waals surface area (Å²) in [5.74, 6) is -1.38. The second kappa shape index (κ2) is 8.13. The van der Waals surface area contributed by atoms with Crippen LogP contribution in [0.4, 0.5) is 0 Å². The van der Waals surface area contributed by atoms with Gasteiger partial charge in [-0.15, -0.1) is 0 Å². The molecule has 0 saturated carbocycles. The molecule has 0 fully saturated rings. The minimum absolute atomic E-state index is 0.408. The number of benzene rings is 2. The first kappa shape index (κ1) is 16.7. The van der Waals surface area contributed by atoms with Crippen LogP contribution in [0.5, 0.6) is 0 Å². The molecule has 0 radical (unpaired) electrons. The van der Waals surface area contributed by atoms with Gasteiger partial charge in [0, 0.05) is 0 Å². The third-order valence-electron chi connectivity index (χ3n) is 3.72. The molecule has 0 spiro atoms. The fourth-order valence-electron chi connectivity index (χ4n) is 2.13. The van der Waals surface area contributed by atoms with E-state index in [0.29, 0.717) is 6.61 Å². The lowest BCUT2D eigenvalue weighted by atomic mass is 10.00. The average Bonchev–Trinajstić information content (AvgIpc) is 2.58. The van der Waals surface area contributed by atoms with E-state index in [-0.39, 0.29) is 0 Å².